The Morgan fingerprint density at radius 1 is 1.20 bits per heavy atom. The third-order valence-corrected chi connectivity index (χ3v) is 2.63. The van der Waals surface area contributed by atoms with Crippen molar-refractivity contribution in [1.82, 2.24) is 5.32 Å². The summed E-state index contributed by atoms with van der Waals surface area (Å²) in [5.74, 6) is -0.237. The Kier molecular flexibility index (Phi) is 6.25. The molecule has 0 fully saturated rings. The Morgan fingerprint density at radius 3 is 2.40 bits per heavy atom. The lowest BCUT2D eigenvalue weighted by Crippen LogP contribution is -2.39. The number of hydrogen-bond acceptors (Lipinski definition) is 4. The fourth-order valence-electron chi connectivity index (χ4n) is 1.73. The molecule has 0 aliphatic rings. The van der Waals surface area contributed by atoms with Gasteiger partial charge < -0.3 is 19.5 Å². The van der Waals surface area contributed by atoms with Crippen molar-refractivity contribution in [2.45, 2.75) is 32.2 Å². The van der Waals surface area contributed by atoms with Crippen molar-refractivity contribution < 1.29 is 27.4 Å². The molecule has 20 heavy (non-hydrogen) atoms. The number of rotatable bonds is 7. The average molecular weight is 293 g/mol. The second-order valence-electron chi connectivity index (χ2n) is 4.20. The van der Waals surface area contributed by atoms with Crippen LogP contribution < -0.4 is 10.1 Å². The van der Waals surface area contributed by atoms with E-state index in [4.69, 9.17) is 9.47 Å². The molecule has 0 radical (unpaired) electrons. The third kappa shape index (κ3) is 5.77. The van der Waals surface area contributed by atoms with Gasteiger partial charge in [0.2, 0.25) is 0 Å². The zero-order valence-corrected chi connectivity index (χ0v) is 11.5. The highest BCUT2D eigenvalue weighted by Gasteiger charge is 2.31. The smallest absolute Gasteiger partial charge is 0.406 e. The first kappa shape index (κ1) is 16.7. The first-order chi connectivity index (χ1) is 9.35. The summed E-state index contributed by atoms with van der Waals surface area (Å²) in [4.78, 5) is 0. The number of halogens is 3. The predicted molar refractivity (Wildman–Crippen MR) is 67.2 cm³/mol. The van der Waals surface area contributed by atoms with Crippen LogP contribution in [0.5, 0.6) is 5.75 Å². The molecule has 0 amide bonds. The molecule has 0 heterocycles. The predicted octanol–water partition coefficient (Wildman–Crippen LogP) is 2.68. The van der Waals surface area contributed by atoms with Crippen molar-refractivity contribution in [3.05, 3.63) is 29.8 Å². The molecule has 0 aliphatic heterocycles. The van der Waals surface area contributed by atoms with Crippen molar-refractivity contribution >= 4 is 0 Å². The molecule has 0 bridgehead atoms. The summed E-state index contributed by atoms with van der Waals surface area (Å²) in [5.41, 5.74) is 0.671. The van der Waals surface area contributed by atoms with Crippen molar-refractivity contribution in [1.29, 1.82) is 0 Å². The highest BCUT2D eigenvalue weighted by Crippen LogP contribution is 2.23. The van der Waals surface area contributed by atoms with Crippen LogP contribution in [0.3, 0.4) is 0 Å². The van der Waals surface area contributed by atoms with Crippen LogP contribution in [0, 0.1) is 0 Å². The van der Waals surface area contributed by atoms with E-state index in [-0.39, 0.29) is 11.8 Å². The number of ether oxygens (including phenoxy) is 3. The zero-order valence-electron chi connectivity index (χ0n) is 11.5. The summed E-state index contributed by atoms with van der Waals surface area (Å²) < 4.78 is 50.4. The van der Waals surface area contributed by atoms with Crippen LogP contribution in [-0.4, -0.2) is 32.9 Å². The number of benzene rings is 1. The summed E-state index contributed by atoms with van der Waals surface area (Å²) in [6.07, 6.45) is -5.11. The minimum atomic E-state index is -4.68. The first-order valence-corrected chi connectivity index (χ1v) is 5.99. The average Bonchev–Trinajstić information content (AvgIpc) is 2.36. The van der Waals surface area contributed by atoms with E-state index in [0.717, 1.165) is 0 Å². The topological polar surface area (TPSA) is 39.7 Å². The largest absolute Gasteiger partial charge is 0.573 e. The lowest BCUT2D eigenvalue weighted by atomic mass is 10.2. The van der Waals surface area contributed by atoms with Gasteiger partial charge in [-0.3, -0.25) is 0 Å². The van der Waals surface area contributed by atoms with Crippen LogP contribution in [-0.2, 0) is 16.0 Å². The van der Waals surface area contributed by atoms with Crippen LogP contribution in [0.15, 0.2) is 24.3 Å². The van der Waals surface area contributed by atoms with Gasteiger partial charge in [-0.1, -0.05) is 12.1 Å². The highest BCUT2D eigenvalue weighted by molar-refractivity contribution is 5.28. The van der Waals surface area contributed by atoms with Crippen LogP contribution in [0.25, 0.3) is 0 Å². The summed E-state index contributed by atoms with van der Waals surface area (Å²) in [5, 5.41) is 3.10. The fourth-order valence-corrected chi connectivity index (χ4v) is 1.73. The van der Waals surface area contributed by atoms with Gasteiger partial charge in [0.25, 0.3) is 0 Å². The Morgan fingerprint density at radius 2 is 1.85 bits per heavy atom. The molecule has 0 saturated heterocycles. The van der Waals surface area contributed by atoms with Gasteiger partial charge >= 0.3 is 6.36 Å². The minimum absolute atomic E-state index is 0.114. The maximum Gasteiger partial charge on any atom is 0.573 e. The van der Waals surface area contributed by atoms with Gasteiger partial charge in [-0.25, -0.2) is 0 Å². The molecular formula is C13H18F3NO3. The normalized spacial score (nSPS) is 13.6. The van der Waals surface area contributed by atoms with Crippen LogP contribution in [0.4, 0.5) is 13.2 Å². The molecule has 1 rings (SSSR count). The minimum Gasteiger partial charge on any atom is -0.406 e. The van der Waals surface area contributed by atoms with E-state index in [1.54, 1.807) is 6.07 Å². The monoisotopic (exact) mass is 293 g/mol. The molecule has 1 N–H and O–H groups in total. The molecule has 1 aromatic carbocycles. The van der Waals surface area contributed by atoms with E-state index in [1.165, 1.54) is 32.4 Å². The molecule has 1 aromatic rings. The molecule has 0 aliphatic carbocycles. The van der Waals surface area contributed by atoms with Crippen LogP contribution in [0.2, 0.25) is 0 Å². The van der Waals surface area contributed by atoms with Crippen molar-refractivity contribution in [2.75, 3.05) is 14.2 Å². The van der Waals surface area contributed by atoms with E-state index in [1.807, 2.05) is 6.92 Å². The molecule has 0 saturated carbocycles. The third-order valence-electron chi connectivity index (χ3n) is 2.63. The summed E-state index contributed by atoms with van der Waals surface area (Å²) in [6, 6.07) is 5.69. The lowest BCUT2D eigenvalue weighted by molar-refractivity contribution is -0.274. The SMILES string of the molecule is COC(OC)C(C)NCc1cccc(OC(F)(F)F)c1. The fraction of sp³-hybridized carbons (Fsp3) is 0.538. The zero-order chi connectivity index (χ0) is 15.2. The molecule has 0 aromatic heterocycles. The summed E-state index contributed by atoms with van der Waals surface area (Å²) in [6.45, 7) is 2.23. The van der Waals surface area contributed by atoms with Gasteiger partial charge in [0.15, 0.2) is 6.29 Å². The number of methoxy groups -OCH3 is 2. The van der Waals surface area contributed by atoms with Crippen molar-refractivity contribution in [2.24, 2.45) is 0 Å². The number of alkyl halides is 3. The van der Waals surface area contributed by atoms with Crippen molar-refractivity contribution in [3.8, 4) is 5.75 Å². The molecule has 1 unspecified atom stereocenters. The van der Waals surface area contributed by atoms with Gasteiger partial charge in [-0.2, -0.15) is 0 Å². The van der Waals surface area contributed by atoms with Gasteiger partial charge in [0.05, 0.1) is 6.04 Å². The number of hydrogen-bond donors (Lipinski definition) is 1. The quantitative estimate of drug-likeness (QED) is 0.785. The molecule has 0 spiro atoms. The highest BCUT2D eigenvalue weighted by atomic mass is 19.4. The molecule has 7 heteroatoms. The van der Waals surface area contributed by atoms with Gasteiger partial charge in [0.1, 0.15) is 5.75 Å². The van der Waals surface area contributed by atoms with Crippen molar-refractivity contribution in [3.63, 3.8) is 0 Å². The van der Waals surface area contributed by atoms with Gasteiger partial charge in [0, 0.05) is 20.8 Å². The Bertz CT molecular complexity index is 408. The Hall–Kier alpha value is -1.31. The maximum absolute atomic E-state index is 12.1. The van der Waals surface area contributed by atoms with E-state index >= 15 is 0 Å². The maximum atomic E-state index is 12.1. The Balaban J connectivity index is 2.58. The standard InChI is InChI=1S/C13H18F3NO3/c1-9(12(18-2)19-3)17-8-10-5-4-6-11(7-10)20-13(14,15)16/h4-7,9,12,17H,8H2,1-3H3. The molecular weight excluding hydrogens is 275 g/mol. The molecule has 114 valence electrons. The van der Waals surface area contributed by atoms with Crippen LogP contribution in [0.1, 0.15) is 12.5 Å². The molecule has 4 nitrogen and oxygen atoms in total. The number of nitrogens with one attached hydrogen (secondary N) is 1. The van der Waals surface area contributed by atoms with E-state index in [0.29, 0.717) is 12.1 Å². The second kappa shape index (κ2) is 7.47. The summed E-state index contributed by atoms with van der Waals surface area (Å²) >= 11 is 0. The lowest BCUT2D eigenvalue weighted by Gasteiger charge is -2.22. The van der Waals surface area contributed by atoms with Gasteiger partial charge in [-0.05, 0) is 24.6 Å². The van der Waals surface area contributed by atoms with Gasteiger partial charge in [-0.15, -0.1) is 13.2 Å². The van der Waals surface area contributed by atoms with Crippen LogP contribution >= 0.6 is 0 Å². The van der Waals surface area contributed by atoms with E-state index < -0.39 is 12.7 Å². The van der Waals surface area contributed by atoms with E-state index in [2.05, 4.69) is 10.1 Å². The van der Waals surface area contributed by atoms with E-state index in [9.17, 15) is 13.2 Å². The first-order valence-electron chi connectivity index (χ1n) is 5.99. The summed E-state index contributed by atoms with van der Waals surface area (Å²) in [7, 11) is 3.04. The second-order valence-corrected chi connectivity index (χ2v) is 4.20. The molecule has 1 atom stereocenters. The Labute approximate surface area is 115 Å².